The molecule has 0 aliphatic rings. The Labute approximate surface area is 101 Å². The van der Waals surface area contributed by atoms with E-state index in [4.69, 9.17) is 0 Å². The molecule has 0 spiro atoms. The van der Waals surface area contributed by atoms with E-state index in [2.05, 4.69) is 9.59 Å². The number of nitrogens with zero attached hydrogens (tertiary/aromatic N) is 2. The largest absolute Gasteiger partial charge is 0.383 e. The first-order chi connectivity index (χ1) is 8.02. The lowest BCUT2D eigenvalue weighted by atomic mass is 10.0. The maximum absolute atomic E-state index is 13.7. The molecule has 0 saturated heterocycles. The molecule has 2 rings (SSSR count). The van der Waals surface area contributed by atoms with Gasteiger partial charge in [-0.25, -0.2) is 8.78 Å². The van der Waals surface area contributed by atoms with Crippen molar-refractivity contribution in [3.8, 4) is 0 Å². The van der Waals surface area contributed by atoms with Gasteiger partial charge in [-0.3, -0.25) is 0 Å². The Morgan fingerprint density at radius 1 is 1.24 bits per heavy atom. The molecule has 1 aromatic carbocycles. The van der Waals surface area contributed by atoms with Crippen LogP contribution in [0.4, 0.5) is 8.78 Å². The zero-order chi connectivity index (χ0) is 12.6. The summed E-state index contributed by atoms with van der Waals surface area (Å²) in [4.78, 5) is 0.423. The molecular formula is C11H10F2N2OS. The summed E-state index contributed by atoms with van der Waals surface area (Å²) >= 11 is 0.971. The topological polar surface area (TPSA) is 46.0 Å². The molecular weight excluding hydrogens is 246 g/mol. The molecule has 0 amide bonds. The first-order valence-electron chi connectivity index (χ1n) is 4.93. The summed E-state index contributed by atoms with van der Waals surface area (Å²) in [5, 5.41) is 13.7. The van der Waals surface area contributed by atoms with Crippen molar-refractivity contribution in [2.45, 2.75) is 20.0 Å². The van der Waals surface area contributed by atoms with Crippen molar-refractivity contribution in [1.29, 1.82) is 0 Å². The van der Waals surface area contributed by atoms with Crippen LogP contribution in [0.15, 0.2) is 12.1 Å². The molecule has 1 atom stereocenters. The molecule has 1 aromatic heterocycles. The van der Waals surface area contributed by atoms with Crippen LogP contribution in [0.5, 0.6) is 0 Å². The highest BCUT2D eigenvalue weighted by Gasteiger charge is 2.22. The van der Waals surface area contributed by atoms with Gasteiger partial charge < -0.3 is 5.11 Å². The molecule has 6 heteroatoms. The van der Waals surface area contributed by atoms with Gasteiger partial charge >= 0.3 is 0 Å². The summed E-state index contributed by atoms with van der Waals surface area (Å²) in [5.74, 6) is -1.96. The van der Waals surface area contributed by atoms with Gasteiger partial charge in [0, 0.05) is 5.56 Å². The van der Waals surface area contributed by atoms with E-state index in [0.717, 1.165) is 11.5 Å². The number of rotatable bonds is 2. The van der Waals surface area contributed by atoms with Gasteiger partial charge in [0.25, 0.3) is 0 Å². The highest BCUT2D eigenvalue weighted by molar-refractivity contribution is 7.05. The van der Waals surface area contributed by atoms with Gasteiger partial charge in [0.05, 0.1) is 10.6 Å². The lowest BCUT2D eigenvalue weighted by Gasteiger charge is -2.11. The van der Waals surface area contributed by atoms with Crippen LogP contribution in [0.25, 0.3) is 0 Å². The van der Waals surface area contributed by atoms with E-state index in [1.807, 2.05) is 0 Å². The quantitative estimate of drug-likeness (QED) is 0.898. The third kappa shape index (κ3) is 2.05. The molecule has 0 fully saturated rings. The molecule has 2 aromatic rings. The average Bonchev–Trinajstić information content (AvgIpc) is 2.72. The second-order valence-corrected chi connectivity index (χ2v) is 4.51. The number of hydrogen-bond donors (Lipinski definition) is 1. The van der Waals surface area contributed by atoms with Crippen molar-refractivity contribution in [1.82, 2.24) is 9.59 Å². The fraction of sp³-hybridized carbons (Fsp3) is 0.273. The van der Waals surface area contributed by atoms with E-state index in [1.54, 1.807) is 6.92 Å². The molecule has 0 radical (unpaired) electrons. The number of halogens is 2. The third-order valence-corrected chi connectivity index (χ3v) is 3.41. The van der Waals surface area contributed by atoms with Gasteiger partial charge in [0.1, 0.15) is 6.10 Å². The van der Waals surface area contributed by atoms with Crippen LogP contribution in [0.3, 0.4) is 0 Å². The first-order valence-corrected chi connectivity index (χ1v) is 5.71. The van der Waals surface area contributed by atoms with Crippen LogP contribution in [-0.2, 0) is 0 Å². The Bertz CT molecular complexity index is 556. The average molecular weight is 256 g/mol. The number of benzene rings is 1. The number of aryl methyl sites for hydroxylation is 2. The molecule has 0 aliphatic heterocycles. The maximum Gasteiger partial charge on any atom is 0.165 e. The zero-order valence-corrected chi connectivity index (χ0v) is 10.1. The summed E-state index contributed by atoms with van der Waals surface area (Å²) in [6.45, 7) is 3.12. The fourth-order valence-corrected chi connectivity index (χ4v) is 2.15. The Kier molecular flexibility index (Phi) is 3.17. The second-order valence-electron chi connectivity index (χ2n) is 3.72. The third-order valence-electron chi connectivity index (χ3n) is 2.53. The number of aliphatic hydroxyl groups is 1. The van der Waals surface area contributed by atoms with E-state index in [1.165, 1.54) is 19.1 Å². The molecule has 1 N–H and O–H groups in total. The minimum Gasteiger partial charge on any atom is -0.383 e. The van der Waals surface area contributed by atoms with Gasteiger partial charge in [-0.1, -0.05) is 16.6 Å². The van der Waals surface area contributed by atoms with Crippen molar-refractivity contribution < 1.29 is 13.9 Å². The lowest BCUT2D eigenvalue weighted by Crippen LogP contribution is -2.05. The van der Waals surface area contributed by atoms with Crippen LogP contribution < -0.4 is 0 Å². The van der Waals surface area contributed by atoms with Gasteiger partial charge in [-0.15, -0.1) is 5.10 Å². The number of hydrogen-bond acceptors (Lipinski definition) is 4. The van der Waals surface area contributed by atoms with Crippen LogP contribution in [-0.4, -0.2) is 14.7 Å². The van der Waals surface area contributed by atoms with Crippen LogP contribution in [0, 0.1) is 25.5 Å². The lowest BCUT2D eigenvalue weighted by molar-refractivity contribution is 0.216. The Balaban J connectivity index is 2.48. The van der Waals surface area contributed by atoms with Crippen molar-refractivity contribution in [3.05, 3.63) is 45.5 Å². The van der Waals surface area contributed by atoms with Crippen molar-refractivity contribution >= 4 is 11.5 Å². The van der Waals surface area contributed by atoms with E-state index in [-0.39, 0.29) is 11.1 Å². The SMILES string of the molecule is Cc1ccc(C(O)c2snnc2C)c(F)c1F. The van der Waals surface area contributed by atoms with Crippen LogP contribution in [0.1, 0.15) is 27.8 Å². The Morgan fingerprint density at radius 2 is 1.94 bits per heavy atom. The standard InChI is InChI=1S/C11H10F2N2OS/c1-5-3-4-7(9(13)8(5)12)10(16)11-6(2)14-15-17-11/h3-4,10,16H,1-2H3. The predicted octanol–water partition coefficient (Wildman–Crippen LogP) is 2.51. The van der Waals surface area contributed by atoms with Gasteiger partial charge in [0.2, 0.25) is 0 Å². The predicted molar refractivity (Wildman–Crippen MR) is 59.8 cm³/mol. The maximum atomic E-state index is 13.7. The van der Waals surface area contributed by atoms with E-state index in [9.17, 15) is 13.9 Å². The molecule has 90 valence electrons. The minimum atomic E-state index is -1.23. The van der Waals surface area contributed by atoms with Gasteiger partial charge in [0.15, 0.2) is 11.6 Å². The van der Waals surface area contributed by atoms with Gasteiger partial charge in [-0.2, -0.15) is 0 Å². The Morgan fingerprint density at radius 3 is 2.53 bits per heavy atom. The highest BCUT2D eigenvalue weighted by atomic mass is 32.1. The van der Waals surface area contributed by atoms with Crippen molar-refractivity contribution in [2.75, 3.05) is 0 Å². The fourth-order valence-electron chi connectivity index (χ4n) is 1.50. The number of aromatic nitrogens is 2. The summed E-state index contributed by atoms with van der Waals surface area (Å²) < 4.78 is 30.7. The molecule has 0 saturated carbocycles. The Hall–Kier alpha value is -1.40. The van der Waals surface area contributed by atoms with Crippen LogP contribution >= 0.6 is 11.5 Å². The summed E-state index contributed by atoms with van der Waals surface area (Å²) in [5.41, 5.74) is 0.628. The minimum absolute atomic E-state index is 0.0951. The monoisotopic (exact) mass is 256 g/mol. The van der Waals surface area contributed by atoms with E-state index in [0.29, 0.717) is 10.6 Å². The normalized spacial score (nSPS) is 12.8. The number of aliphatic hydroxyl groups excluding tert-OH is 1. The zero-order valence-electron chi connectivity index (χ0n) is 9.24. The molecule has 1 unspecified atom stereocenters. The van der Waals surface area contributed by atoms with Crippen molar-refractivity contribution in [2.24, 2.45) is 0 Å². The van der Waals surface area contributed by atoms with E-state index >= 15 is 0 Å². The van der Waals surface area contributed by atoms with Gasteiger partial charge in [-0.05, 0) is 30.9 Å². The molecule has 0 bridgehead atoms. The first kappa shape index (κ1) is 12.1. The highest BCUT2D eigenvalue weighted by Crippen LogP contribution is 2.29. The smallest absolute Gasteiger partial charge is 0.165 e. The summed E-state index contributed by atoms with van der Waals surface area (Å²) in [6.07, 6.45) is -1.23. The summed E-state index contributed by atoms with van der Waals surface area (Å²) in [6, 6.07) is 2.80. The van der Waals surface area contributed by atoms with Crippen LogP contribution in [0.2, 0.25) is 0 Å². The molecule has 3 nitrogen and oxygen atoms in total. The van der Waals surface area contributed by atoms with Crippen molar-refractivity contribution in [3.63, 3.8) is 0 Å². The second kappa shape index (κ2) is 4.46. The molecule has 1 heterocycles. The summed E-state index contributed by atoms with van der Waals surface area (Å²) in [7, 11) is 0. The van der Waals surface area contributed by atoms with E-state index < -0.39 is 17.7 Å². The molecule has 17 heavy (non-hydrogen) atoms. The molecule has 0 aliphatic carbocycles.